The Balaban J connectivity index is 1.62. The first-order valence-corrected chi connectivity index (χ1v) is 8.73. The van der Waals surface area contributed by atoms with E-state index in [0.29, 0.717) is 5.54 Å². The Bertz CT molecular complexity index is 288. The van der Waals surface area contributed by atoms with Gasteiger partial charge in [0.05, 0.1) is 0 Å². The minimum atomic E-state index is 0.494. The van der Waals surface area contributed by atoms with Gasteiger partial charge in [-0.15, -0.1) is 0 Å². The minimum Gasteiger partial charge on any atom is -0.308 e. The third-order valence-corrected chi connectivity index (χ3v) is 6.25. The fourth-order valence-electron chi connectivity index (χ4n) is 4.80. The predicted molar refractivity (Wildman–Crippen MR) is 81.4 cm³/mol. The maximum absolute atomic E-state index is 3.89. The molecule has 2 aliphatic carbocycles. The normalized spacial score (nSPS) is 39.8. The van der Waals surface area contributed by atoms with Crippen molar-refractivity contribution in [3.05, 3.63) is 0 Å². The minimum absolute atomic E-state index is 0.494. The molecule has 1 aliphatic heterocycles. The summed E-state index contributed by atoms with van der Waals surface area (Å²) in [5.74, 6) is 1.02. The van der Waals surface area contributed by atoms with Crippen molar-refractivity contribution in [2.45, 2.75) is 89.3 Å². The van der Waals surface area contributed by atoms with Crippen LogP contribution in [0.15, 0.2) is 0 Å². The van der Waals surface area contributed by atoms with Crippen LogP contribution in [0.5, 0.6) is 0 Å². The monoisotopic (exact) mass is 264 g/mol. The van der Waals surface area contributed by atoms with Crippen LogP contribution in [0.1, 0.15) is 71.6 Å². The molecule has 2 saturated carbocycles. The summed E-state index contributed by atoms with van der Waals surface area (Å²) in [5, 5.41) is 3.89. The summed E-state index contributed by atoms with van der Waals surface area (Å²) in [7, 11) is 0. The highest BCUT2D eigenvalue weighted by atomic mass is 15.3. The summed E-state index contributed by atoms with van der Waals surface area (Å²) in [6.07, 6.45) is 13.0. The van der Waals surface area contributed by atoms with Gasteiger partial charge in [-0.1, -0.05) is 26.2 Å². The molecule has 3 rings (SSSR count). The smallest absolute Gasteiger partial charge is 0.0309 e. The average Bonchev–Trinajstić information content (AvgIpc) is 2.90. The molecular formula is C17H32N2. The van der Waals surface area contributed by atoms with E-state index < -0.39 is 0 Å². The second-order valence-corrected chi connectivity index (χ2v) is 7.47. The van der Waals surface area contributed by atoms with Crippen LogP contribution in [0.25, 0.3) is 0 Å². The lowest BCUT2D eigenvalue weighted by atomic mass is 9.82. The first kappa shape index (κ1) is 13.9. The highest BCUT2D eigenvalue weighted by Crippen LogP contribution is 2.37. The molecule has 1 heterocycles. The highest BCUT2D eigenvalue weighted by Gasteiger charge is 2.42. The summed E-state index contributed by atoms with van der Waals surface area (Å²) in [4.78, 5) is 2.88. The Morgan fingerprint density at radius 1 is 1.11 bits per heavy atom. The zero-order chi connectivity index (χ0) is 13.3. The Kier molecular flexibility index (Phi) is 4.19. The van der Waals surface area contributed by atoms with Gasteiger partial charge in [-0.05, 0) is 51.4 Å². The lowest BCUT2D eigenvalue weighted by Gasteiger charge is -2.50. The van der Waals surface area contributed by atoms with Gasteiger partial charge in [-0.2, -0.15) is 0 Å². The van der Waals surface area contributed by atoms with Crippen molar-refractivity contribution >= 4 is 0 Å². The molecule has 1 spiro atoms. The van der Waals surface area contributed by atoms with Crippen LogP contribution in [0.4, 0.5) is 0 Å². The average molecular weight is 264 g/mol. The number of hydrogen-bond acceptors (Lipinski definition) is 2. The fourth-order valence-corrected chi connectivity index (χ4v) is 4.80. The summed E-state index contributed by atoms with van der Waals surface area (Å²) < 4.78 is 0. The first-order valence-electron chi connectivity index (χ1n) is 8.73. The summed E-state index contributed by atoms with van der Waals surface area (Å²) in [5.41, 5.74) is 0.494. The zero-order valence-electron chi connectivity index (χ0n) is 13.0. The molecule has 1 N–H and O–H groups in total. The third kappa shape index (κ3) is 2.85. The lowest BCUT2D eigenvalue weighted by molar-refractivity contribution is 0.0288. The van der Waals surface area contributed by atoms with Gasteiger partial charge in [-0.3, -0.25) is 4.90 Å². The number of nitrogens with zero attached hydrogens (tertiary/aromatic N) is 1. The van der Waals surface area contributed by atoms with Crippen molar-refractivity contribution in [1.82, 2.24) is 10.2 Å². The van der Waals surface area contributed by atoms with Crippen molar-refractivity contribution in [3.63, 3.8) is 0 Å². The second-order valence-electron chi connectivity index (χ2n) is 7.47. The topological polar surface area (TPSA) is 15.3 Å². The molecule has 0 aromatic rings. The molecule has 0 aromatic heterocycles. The summed E-state index contributed by atoms with van der Waals surface area (Å²) in [6.45, 7) is 7.34. The van der Waals surface area contributed by atoms with Crippen LogP contribution in [-0.4, -0.2) is 35.6 Å². The Morgan fingerprint density at radius 3 is 2.42 bits per heavy atom. The van der Waals surface area contributed by atoms with E-state index in [2.05, 4.69) is 24.1 Å². The van der Waals surface area contributed by atoms with Crippen LogP contribution < -0.4 is 5.32 Å². The van der Waals surface area contributed by atoms with Gasteiger partial charge in [0, 0.05) is 30.7 Å². The van der Waals surface area contributed by atoms with E-state index in [9.17, 15) is 0 Å². The lowest BCUT2D eigenvalue weighted by Crippen LogP contribution is -2.64. The first-order chi connectivity index (χ1) is 9.22. The van der Waals surface area contributed by atoms with E-state index >= 15 is 0 Å². The number of nitrogens with one attached hydrogen (secondary N) is 1. The molecule has 19 heavy (non-hydrogen) atoms. The second kappa shape index (κ2) is 5.73. The van der Waals surface area contributed by atoms with Crippen LogP contribution in [0.2, 0.25) is 0 Å². The number of hydrogen-bond donors (Lipinski definition) is 1. The molecule has 3 aliphatic rings. The molecule has 1 atom stereocenters. The maximum Gasteiger partial charge on any atom is 0.0309 e. The van der Waals surface area contributed by atoms with Gasteiger partial charge < -0.3 is 5.32 Å². The van der Waals surface area contributed by atoms with Crippen LogP contribution >= 0.6 is 0 Å². The van der Waals surface area contributed by atoms with Crippen LogP contribution in [0.3, 0.4) is 0 Å². The molecule has 0 amide bonds. The quantitative estimate of drug-likeness (QED) is 0.820. The molecule has 3 fully saturated rings. The van der Waals surface area contributed by atoms with Crippen molar-refractivity contribution in [2.75, 3.05) is 13.1 Å². The molecule has 2 nitrogen and oxygen atoms in total. The standard InChI is InChI=1S/C17H32N2/c1-3-15-6-8-16(9-7-15)19-13-17(10-4-5-11-17)18-12-14(19)2/h14-16,18H,3-13H2,1-2H3. The van der Waals surface area contributed by atoms with Gasteiger partial charge >= 0.3 is 0 Å². The van der Waals surface area contributed by atoms with Gasteiger partial charge in [0.15, 0.2) is 0 Å². The van der Waals surface area contributed by atoms with E-state index in [1.165, 1.54) is 70.9 Å². The van der Waals surface area contributed by atoms with Crippen molar-refractivity contribution in [3.8, 4) is 0 Å². The van der Waals surface area contributed by atoms with E-state index in [1.54, 1.807) is 0 Å². The molecule has 0 radical (unpaired) electrons. The number of rotatable bonds is 2. The molecule has 1 saturated heterocycles. The Hall–Kier alpha value is -0.0800. The molecule has 2 heteroatoms. The van der Waals surface area contributed by atoms with Crippen LogP contribution in [0, 0.1) is 5.92 Å². The fraction of sp³-hybridized carbons (Fsp3) is 1.00. The summed E-state index contributed by atoms with van der Waals surface area (Å²) >= 11 is 0. The van der Waals surface area contributed by atoms with Crippen molar-refractivity contribution in [2.24, 2.45) is 5.92 Å². The largest absolute Gasteiger partial charge is 0.308 e. The van der Waals surface area contributed by atoms with Gasteiger partial charge in [0.1, 0.15) is 0 Å². The molecule has 0 bridgehead atoms. The van der Waals surface area contributed by atoms with E-state index in [0.717, 1.165) is 18.0 Å². The molecule has 1 unspecified atom stereocenters. The third-order valence-electron chi connectivity index (χ3n) is 6.25. The molecular weight excluding hydrogens is 232 g/mol. The zero-order valence-corrected chi connectivity index (χ0v) is 13.0. The van der Waals surface area contributed by atoms with E-state index in [-0.39, 0.29) is 0 Å². The van der Waals surface area contributed by atoms with Crippen molar-refractivity contribution in [1.29, 1.82) is 0 Å². The molecule has 110 valence electrons. The highest BCUT2D eigenvalue weighted by molar-refractivity contribution is 5.02. The van der Waals surface area contributed by atoms with Gasteiger partial charge in [0.25, 0.3) is 0 Å². The van der Waals surface area contributed by atoms with Gasteiger partial charge in [-0.25, -0.2) is 0 Å². The summed E-state index contributed by atoms with van der Waals surface area (Å²) in [6, 6.07) is 1.63. The van der Waals surface area contributed by atoms with Crippen LogP contribution in [-0.2, 0) is 0 Å². The van der Waals surface area contributed by atoms with Crippen molar-refractivity contribution < 1.29 is 0 Å². The predicted octanol–water partition coefficient (Wildman–Crippen LogP) is 3.56. The molecule has 0 aromatic carbocycles. The Morgan fingerprint density at radius 2 is 1.79 bits per heavy atom. The van der Waals surface area contributed by atoms with Gasteiger partial charge in [0.2, 0.25) is 0 Å². The SMILES string of the molecule is CCC1CCC(N2CC3(CCCC3)NCC2C)CC1. The maximum atomic E-state index is 3.89. The Labute approximate surface area is 119 Å². The van der Waals surface area contributed by atoms with E-state index in [1.807, 2.05) is 0 Å². The van der Waals surface area contributed by atoms with E-state index in [4.69, 9.17) is 0 Å². The number of piperazine rings is 1.